The molecule has 1 aromatic rings. The van der Waals surface area contributed by atoms with E-state index in [1.165, 1.54) is 0 Å². The zero-order chi connectivity index (χ0) is 14.0. The second kappa shape index (κ2) is 5.15. The van der Waals surface area contributed by atoms with E-state index < -0.39 is 13.2 Å². The maximum atomic E-state index is 12.1. The minimum atomic E-state index is -2.47. The average Bonchev–Trinajstić information content (AvgIpc) is 2.13. The molecule has 0 aliphatic rings. The first kappa shape index (κ1) is 14.8. The molecule has 0 saturated carbocycles. The van der Waals surface area contributed by atoms with Crippen molar-refractivity contribution in [3.05, 3.63) is 24.3 Å². The van der Waals surface area contributed by atoms with E-state index in [-0.39, 0.29) is 5.54 Å². The first-order valence-electron chi connectivity index (χ1n) is 5.74. The Balaban J connectivity index is 2.92. The van der Waals surface area contributed by atoms with Gasteiger partial charge in [0.05, 0.1) is 5.30 Å². The summed E-state index contributed by atoms with van der Waals surface area (Å²) >= 11 is 0. The highest BCUT2D eigenvalue weighted by molar-refractivity contribution is 7.70. The predicted octanol–water partition coefficient (Wildman–Crippen LogP) is 2.82. The summed E-state index contributed by atoms with van der Waals surface area (Å²) in [6.45, 7) is 8.90. The molecule has 0 atom stereocenters. The van der Waals surface area contributed by atoms with Crippen LogP contribution in [0.1, 0.15) is 20.8 Å². The van der Waals surface area contributed by atoms with Crippen LogP contribution in [0.4, 0.5) is 4.79 Å². The summed E-state index contributed by atoms with van der Waals surface area (Å²) in [7, 11) is -2.47. The summed E-state index contributed by atoms with van der Waals surface area (Å²) in [6, 6.07) is 6.90. The highest BCUT2D eigenvalue weighted by Crippen LogP contribution is 2.38. The van der Waals surface area contributed by atoms with E-state index in [9.17, 15) is 9.36 Å². The molecule has 4 nitrogen and oxygen atoms in total. The number of hydrogen-bond acceptors (Lipinski definition) is 3. The Morgan fingerprint density at radius 1 is 1.22 bits per heavy atom. The fraction of sp³-hybridized carbons (Fsp3) is 0.462. The molecule has 0 fully saturated rings. The Morgan fingerprint density at radius 2 is 1.78 bits per heavy atom. The van der Waals surface area contributed by atoms with E-state index in [0.29, 0.717) is 11.1 Å². The van der Waals surface area contributed by atoms with Gasteiger partial charge >= 0.3 is 6.09 Å². The van der Waals surface area contributed by atoms with Crippen LogP contribution in [0.15, 0.2) is 24.3 Å². The minimum absolute atomic E-state index is 0.354. The molecule has 0 bridgehead atoms. The second-order valence-electron chi connectivity index (χ2n) is 5.58. The van der Waals surface area contributed by atoms with Gasteiger partial charge in [-0.05, 0) is 46.2 Å². The van der Waals surface area contributed by atoms with E-state index >= 15 is 0 Å². The van der Waals surface area contributed by atoms with Gasteiger partial charge in [0, 0.05) is 5.54 Å². The molecule has 0 saturated heterocycles. The van der Waals surface area contributed by atoms with Crippen molar-refractivity contribution >= 4 is 18.5 Å². The fourth-order valence-corrected chi connectivity index (χ4v) is 2.52. The Kier molecular flexibility index (Phi) is 4.23. The van der Waals surface area contributed by atoms with Gasteiger partial charge in [0.15, 0.2) is 0 Å². The standard InChI is InChI=1S/C13H20NO3P/c1-13(2,3)14-12(15)17-10-8-6-7-9-11(10)18(4,5)16/h6-9H,1-5H3,(H,14,15). The predicted molar refractivity (Wildman–Crippen MR) is 74.4 cm³/mol. The van der Waals surface area contributed by atoms with Gasteiger partial charge in [-0.15, -0.1) is 0 Å². The van der Waals surface area contributed by atoms with Crippen molar-refractivity contribution in [3.8, 4) is 5.75 Å². The van der Waals surface area contributed by atoms with Crippen LogP contribution in [-0.4, -0.2) is 25.0 Å². The number of amides is 1. The smallest absolute Gasteiger partial charge is 0.410 e. The molecule has 5 heteroatoms. The van der Waals surface area contributed by atoms with Crippen LogP contribution < -0.4 is 15.4 Å². The largest absolute Gasteiger partial charge is 0.413 e. The third-order valence-corrected chi connectivity index (χ3v) is 3.65. The lowest BCUT2D eigenvalue weighted by molar-refractivity contribution is 0.191. The molecule has 0 aliphatic carbocycles. The van der Waals surface area contributed by atoms with Crippen LogP contribution in [0, 0.1) is 0 Å². The van der Waals surface area contributed by atoms with Crippen molar-refractivity contribution in [1.82, 2.24) is 5.32 Å². The number of benzene rings is 1. The molecule has 0 unspecified atom stereocenters. The summed E-state index contributed by atoms with van der Waals surface area (Å²) in [5, 5.41) is 3.27. The lowest BCUT2D eigenvalue weighted by Gasteiger charge is -2.21. The van der Waals surface area contributed by atoms with Gasteiger partial charge in [0.2, 0.25) is 0 Å². The van der Waals surface area contributed by atoms with Crippen LogP contribution in [0.3, 0.4) is 0 Å². The molecule has 0 aromatic heterocycles. The van der Waals surface area contributed by atoms with E-state index in [1.807, 2.05) is 20.8 Å². The van der Waals surface area contributed by atoms with Crippen LogP contribution >= 0.6 is 7.14 Å². The molecule has 0 aliphatic heterocycles. The van der Waals surface area contributed by atoms with Gasteiger partial charge in [-0.2, -0.15) is 0 Å². The minimum Gasteiger partial charge on any atom is -0.410 e. The van der Waals surface area contributed by atoms with Crippen molar-refractivity contribution in [3.63, 3.8) is 0 Å². The zero-order valence-electron chi connectivity index (χ0n) is 11.5. The summed E-state index contributed by atoms with van der Waals surface area (Å²) in [6.07, 6.45) is -0.539. The second-order valence-corrected chi connectivity index (χ2v) is 8.77. The van der Waals surface area contributed by atoms with Crippen molar-refractivity contribution in [2.45, 2.75) is 26.3 Å². The normalized spacial score (nSPS) is 12.1. The monoisotopic (exact) mass is 269 g/mol. The van der Waals surface area contributed by atoms with Gasteiger partial charge in [0.1, 0.15) is 12.9 Å². The average molecular weight is 269 g/mol. The number of carbonyl (C=O) groups is 1. The van der Waals surface area contributed by atoms with Gasteiger partial charge in [-0.1, -0.05) is 12.1 Å². The number of carbonyl (C=O) groups excluding carboxylic acids is 1. The van der Waals surface area contributed by atoms with Gasteiger partial charge in [0.25, 0.3) is 0 Å². The van der Waals surface area contributed by atoms with Crippen LogP contribution in [-0.2, 0) is 4.57 Å². The van der Waals surface area contributed by atoms with E-state index in [2.05, 4.69) is 5.32 Å². The van der Waals surface area contributed by atoms with Crippen molar-refractivity contribution in [1.29, 1.82) is 0 Å². The lowest BCUT2D eigenvalue weighted by Crippen LogP contribution is -2.42. The van der Waals surface area contributed by atoms with Crippen molar-refractivity contribution in [2.24, 2.45) is 0 Å². The summed E-state index contributed by atoms with van der Waals surface area (Å²) in [4.78, 5) is 11.7. The molecule has 1 rings (SSSR count). The van der Waals surface area contributed by atoms with Gasteiger partial charge < -0.3 is 14.6 Å². The lowest BCUT2D eigenvalue weighted by atomic mass is 10.1. The third kappa shape index (κ3) is 4.53. The van der Waals surface area contributed by atoms with Gasteiger partial charge in [-0.25, -0.2) is 4.79 Å². The first-order valence-corrected chi connectivity index (χ1v) is 8.34. The van der Waals surface area contributed by atoms with E-state index in [4.69, 9.17) is 4.74 Å². The Hall–Kier alpha value is -1.28. The number of hydrogen-bond donors (Lipinski definition) is 1. The summed E-state index contributed by atoms with van der Waals surface area (Å²) in [5.74, 6) is 0.354. The molecule has 18 heavy (non-hydrogen) atoms. The van der Waals surface area contributed by atoms with Crippen molar-refractivity contribution < 1.29 is 14.1 Å². The zero-order valence-corrected chi connectivity index (χ0v) is 12.4. The molecule has 1 amide bonds. The third-order valence-electron chi connectivity index (χ3n) is 2.13. The number of ether oxygens (including phenoxy) is 1. The molecule has 1 N–H and O–H groups in total. The van der Waals surface area contributed by atoms with Gasteiger partial charge in [-0.3, -0.25) is 0 Å². The number of rotatable bonds is 2. The molecular weight excluding hydrogens is 249 g/mol. The highest BCUT2D eigenvalue weighted by Gasteiger charge is 2.20. The van der Waals surface area contributed by atoms with E-state index in [1.54, 1.807) is 37.6 Å². The van der Waals surface area contributed by atoms with Crippen LogP contribution in [0.5, 0.6) is 5.75 Å². The SMILES string of the molecule is CC(C)(C)NC(=O)Oc1ccccc1P(C)(C)=O. The highest BCUT2D eigenvalue weighted by atomic mass is 31.2. The Labute approximate surface area is 108 Å². The Bertz CT molecular complexity index is 485. The molecular formula is C13H20NO3P. The number of para-hydroxylation sites is 1. The molecule has 1 aromatic carbocycles. The fourth-order valence-electron chi connectivity index (χ4n) is 1.42. The van der Waals surface area contributed by atoms with E-state index in [0.717, 1.165) is 0 Å². The van der Waals surface area contributed by atoms with Crippen LogP contribution in [0.2, 0.25) is 0 Å². The molecule has 100 valence electrons. The quantitative estimate of drug-likeness (QED) is 0.840. The summed E-state index contributed by atoms with van der Waals surface area (Å²) < 4.78 is 17.3. The molecule has 0 heterocycles. The first-order chi connectivity index (χ1) is 8.09. The topological polar surface area (TPSA) is 55.4 Å². The number of nitrogens with one attached hydrogen (secondary N) is 1. The van der Waals surface area contributed by atoms with Crippen molar-refractivity contribution in [2.75, 3.05) is 13.3 Å². The summed E-state index contributed by atoms with van der Waals surface area (Å²) in [5.41, 5.74) is -0.367. The molecule has 0 radical (unpaired) electrons. The van der Waals surface area contributed by atoms with Crippen LogP contribution in [0.25, 0.3) is 0 Å². The molecule has 0 spiro atoms. The maximum Gasteiger partial charge on any atom is 0.413 e. The Morgan fingerprint density at radius 3 is 2.28 bits per heavy atom. The maximum absolute atomic E-state index is 12.1.